The van der Waals surface area contributed by atoms with Gasteiger partial charge in [-0.3, -0.25) is 28.8 Å². The van der Waals surface area contributed by atoms with Crippen molar-refractivity contribution in [1.29, 1.82) is 5.26 Å². The Morgan fingerprint density at radius 1 is 1.05 bits per heavy atom. The maximum Gasteiger partial charge on any atom is 0.330 e. The van der Waals surface area contributed by atoms with Gasteiger partial charge in [0, 0.05) is 31.5 Å². The number of carbonyl (C=O) groups excluding carboxylic acids is 2. The number of nitrogens with zero attached hydrogens (tertiary/aromatic N) is 4. The van der Waals surface area contributed by atoms with Crippen molar-refractivity contribution in [2.45, 2.75) is 70.7 Å². The minimum atomic E-state index is -1.79. The third-order valence-electron chi connectivity index (χ3n) is 6.68. The number of hydrogen-bond donors (Lipinski definition) is 1. The average molecular weight is 604 g/mol. The topological polar surface area (TPSA) is 165 Å². The lowest BCUT2D eigenvalue weighted by Crippen LogP contribution is -2.43. The molecule has 0 bridgehead atoms. The number of ether oxygens (including phenoxy) is 2. The Kier molecular flexibility index (Phi) is 10.4. The van der Waals surface area contributed by atoms with Crippen LogP contribution < -0.4 is 11.2 Å². The lowest BCUT2D eigenvalue weighted by atomic mass is 10.1. The number of methoxy groups -OCH3 is 1. The van der Waals surface area contributed by atoms with Gasteiger partial charge < -0.3 is 18.5 Å². The van der Waals surface area contributed by atoms with Gasteiger partial charge in [-0.05, 0) is 39.8 Å². The molecule has 0 spiro atoms. The van der Waals surface area contributed by atoms with Crippen LogP contribution in [-0.4, -0.2) is 81.8 Å². The number of benzene rings is 1. The Labute approximate surface area is 243 Å². The molecule has 2 aliphatic rings. The zero-order valence-electron chi connectivity index (χ0n) is 24.0. The SMILES string of the molecule is CO[C@H]1C(OP(OCCC#N)N(C(C)C)C(C)C)[C@@H](CON2C(=O)c3ccccc3C2=O)O[C@H]1n1ccc(=O)[nH]c1=O. The van der Waals surface area contributed by atoms with E-state index in [-0.39, 0.29) is 42.8 Å². The largest absolute Gasteiger partial charge is 0.374 e. The quantitative estimate of drug-likeness (QED) is 0.203. The predicted octanol–water partition coefficient (Wildman–Crippen LogP) is 2.34. The second kappa shape index (κ2) is 13.8. The van der Waals surface area contributed by atoms with E-state index in [1.54, 1.807) is 12.1 Å². The highest BCUT2D eigenvalue weighted by atomic mass is 31.2. The van der Waals surface area contributed by atoms with E-state index in [9.17, 15) is 19.2 Å². The van der Waals surface area contributed by atoms with Crippen molar-refractivity contribution in [3.8, 4) is 6.07 Å². The first-order chi connectivity index (χ1) is 20.1. The van der Waals surface area contributed by atoms with E-state index >= 15 is 0 Å². The molecule has 0 saturated carbocycles. The van der Waals surface area contributed by atoms with Crippen molar-refractivity contribution >= 4 is 20.3 Å². The number of hydrogen-bond acceptors (Lipinski definition) is 11. The number of aromatic amines is 1. The van der Waals surface area contributed by atoms with Crippen molar-refractivity contribution in [2.75, 3.05) is 20.3 Å². The number of fused-ring (bicyclic) bond motifs is 1. The normalized spacial score (nSPS) is 22.8. The summed E-state index contributed by atoms with van der Waals surface area (Å²) in [6.45, 7) is 7.72. The van der Waals surface area contributed by atoms with Crippen LogP contribution in [0.25, 0.3) is 0 Å². The molecule has 1 fully saturated rings. The van der Waals surface area contributed by atoms with Gasteiger partial charge in [0.15, 0.2) is 6.23 Å². The van der Waals surface area contributed by atoms with Crippen molar-refractivity contribution in [2.24, 2.45) is 0 Å². The smallest absolute Gasteiger partial charge is 0.330 e. The number of imide groups is 1. The van der Waals surface area contributed by atoms with E-state index in [0.717, 1.165) is 4.57 Å². The van der Waals surface area contributed by atoms with Gasteiger partial charge in [0.2, 0.25) is 0 Å². The first-order valence-electron chi connectivity index (χ1n) is 13.4. The summed E-state index contributed by atoms with van der Waals surface area (Å²) in [4.78, 5) is 58.1. The van der Waals surface area contributed by atoms with Crippen LogP contribution in [0, 0.1) is 11.3 Å². The molecule has 0 aliphatic carbocycles. The van der Waals surface area contributed by atoms with Crippen molar-refractivity contribution < 1.29 is 32.9 Å². The number of aromatic nitrogens is 2. The van der Waals surface area contributed by atoms with Crippen LogP contribution in [-0.2, 0) is 23.4 Å². The highest BCUT2D eigenvalue weighted by Gasteiger charge is 2.50. The Morgan fingerprint density at radius 3 is 2.24 bits per heavy atom. The molecule has 0 radical (unpaired) electrons. The van der Waals surface area contributed by atoms with Gasteiger partial charge in [0.25, 0.3) is 25.9 Å². The number of hydroxylamine groups is 2. The zero-order chi connectivity index (χ0) is 30.6. The number of carbonyl (C=O) groups is 2. The molecule has 2 unspecified atom stereocenters. The van der Waals surface area contributed by atoms with Gasteiger partial charge in [0.1, 0.15) is 24.9 Å². The number of rotatable bonds is 13. The molecular formula is C27H34N5O9P. The summed E-state index contributed by atoms with van der Waals surface area (Å²) in [6.07, 6.45) is -2.44. The second-order valence-corrected chi connectivity index (χ2v) is 11.6. The third kappa shape index (κ3) is 6.53. The van der Waals surface area contributed by atoms with Crippen LogP contribution in [0.15, 0.2) is 46.1 Å². The molecule has 5 atom stereocenters. The summed E-state index contributed by atoms with van der Waals surface area (Å²) in [5.41, 5.74) is -0.878. The second-order valence-electron chi connectivity index (χ2n) is 10.1. The standard InChI is InChI=1S/C27H34N5O9P/c1-16(2)32(17(3)4)42(39-14-8-12-28)41-22-20(15-38-31-24(34)18-9-6-7-10-19(18)25(31)35)40-26(23(22)37-5)30-13-11-21(33)29-27(30)36/h6-7,9-11,13,16-17,20,22-23,26H,8,14-15H2,1-5H3,(H,29,33,36)/t20-,22?,23+,26-,42?/m1/s1. The summed E-state index contributed by atoms with van der Waals surface area (Å²) < 4.78 is 27.8. The molecule has 42 heavy (non-hydrogen) atoms. The molecule has 3 heterocycles. The fraction of sp³-hybridized carbons (Fsp3) is 0.519. The molecular weight excluding hydrogens is 569 g/mol. The van der Waals surface area contributed by atoms with E-state index in [1.165, 1.54) is 31.5 Å². The van der Waals surface area contributed by atoms with Crippen LogP contribution in [0.3, 0.4) is 0 Å². The summed E-state index contributed by atoms with van der Waals surface area (Å²) in [6, 6.07) is 9.59. The van der Waals surface area contributed by atoms with Crippen molar-refractivity contribution in [3.63, 3.8) is 0 Å². The van der Waals surface area contributed by atoms with Gasteiger partial charge in [-0.25, -0.2) is 9.46 Å². The molecule has 15 heteroatoms. The molecule has 2 aromatic rings. The minimum Gasteiger partial charge on any atom is -0.374 e. The lowest BCUT2D eigenvalue weighted by Gasteiger charge is -2.38. The third-order valence-corrected chi connectivity index (χ3v) is 8.81. The fourth-order valence-corrected chi connectivity index (χ4v) is 6.67. The molecule has 2 aliphatic heterocycles. The minimum absolute atomic E-state index is 0.00725. The summed E-state index contributed by atoms with van der Waals surface area (Å²) >= 11 is 0. The number of nitriles is 1. The number of H-pyrrole nitrogens is 1. The molecule has 4 rings (SSSR count). The van der Waals surface area contributed by atoms with Gasteiger partial charge >= 0.3 is 5.69 Å². The van der Waals surface area contributed by atoms with E-state index in [1.807, 2.05) is 32.4 Å². The van der Waals surface area contributed by atoms with Crippen molar-refractivity contribution in [1.82, 2.24) is 19.3 Å². The zero-order valence-corrected chi connectivity index (χ0v) is 24.9. The Morgan fingerprint density at radius 2 is 1.69 bits per heavy atom. The molecule has 226 valence electrons. The monoisotopic (exact) mass is 603 g/mol. The molecule has 2 amide bonds. The van der Waals surface area contributed by atoms with Crippen LogP contribution in [0.2, 0.25) is 0 Å². The first kappa shape index (κ1) is 31.7. The molecule has 1 aromatic heterocycles. The van der Waals surface area contributed by atoms with E-state index in [4.69, 9.17) is 28.6 Å². The molecule has 1 N–H and O–H groups in total. The predicted molar refractivity (Wildman–Crippen MR) is 149 cm³/mol. The van der Waals surface area contributed by atoms with Gasteiger partial charge in [-0.2, -0.15) is 5.26 Å². The van der Waals surface area contributed by atoms with E-state index in [2.05, 4.69) is 11.1 Å². The van der Waals surface area contributed by atoms with E-state index in [0.29, 0.717) is 5.06 Å². The highest BCUT2D eigenvalue weighted by Crippen LogP contribution is 2.50. The van der Waals surface area contributed by atoms with Crippen LogP contribution in [0.1, 0.15) is 61.1 Å². The molecule has 1 saturated heterocycles. The lowest BCUT2D eigenvalue weighted by molar-refractivity contribution is -0.140. The van der Waals surface area contributed by atoms with Crippen LogP contribution in [0.5, 0.6) is 0 Å². The number of nitrogens with one attached hydrogen (secondary N) is 1. The maximum atomic E-state index is 12.9. The summed E-state index contributed by atoms with van der Waals surface area (Å²) in [5, 5.41) is 9.75. The summed E-state index contributed by atoms with van der Waals surface area (Å²) in [7, 11) is -0.368. The first-order valence-corrected chi connectivity index (χ1v) is 14.6. The van der Waals surface area contributed by atoms with Gasteiger partial charge in [-0.15, -0.1) is 5.06 Å². The Balaban J connectivity index is 1.66. The van der Waals surface area contributed by atoms with Crippen LogP contribution in [0.4, 0.5) is 0 Å². The van der Waals surface area contributed by atoms with E-state index < -0.39 is 56.1 Å². The molecule has 1 aromatic carbocycles. The maximum absolute atomic E-state index is 12.9. The Hall–Kier alpha value is -3.28. The average Bonchev–Trinajstić information content (AvgIpc) is 3.40. The molecule has 14 nitrogen and oxygen atoms in total. The number of amides is 2. The van der Waals surface area contributed by atoms with Crippen LogP contribution >= 0.6 is 8.53 Å². The van der Waals surface area contributed by atoms with Gasteiger partial charge in [-0.1, -0.05) is 12.1 Å². The van der Waals surface area contributed by atoms with Gasteiger partial charge in [0.05, 0.1) is 30.2 Å². The highest BCUT2D eigenvalue weighted by molar-refractivity contribution is 7.44. The fourth-order valence-electron chi connectivity index (χ4n) is 4.90. The summed E-state index contributed by atoms with van der Waals surface area (Å²) in [5.74, 6) is -1.23. The van der Waals surface area contributed by atoms with Crippen molar-refractivity contribution in [3.05, 3.63) is 68.5 Å². The Bertz CT molecular complexity index is 1390.